The second-order valence-corrected chi connectivity index (χ2v) is 7.73. The Morgan fingerprint density at radius 1 is 1.24 bits per heavy atom. The van der Waals surface area contributed by atoms with Gasteiger partial charge in [-0.1, -0.05) is 35.5 Å². The molecule has 0 radical (unpaired) electrons. The van der Waals surface area contributed by atoms with Crippen molar-refractivity contribution < 1.29 is 18.7 Å². The van der Waals surface area contributed by atoms with Gasteiger partial charge in [0.15, 0.2) is 5.57 Å². The van der Waals surface area contributed by atoms with Crippen LogP contribution in [-0.2, 0) is 20.7 Å². The third-order valence-electron chi connectivity index (χ3n) is 4.18. The molecule has 2 aromatic carbocycles. The number of anilines is 1. The molecule has 1 fully saturated rings. The summed E-state index contributed by atoms with van der Waals surface area (Å²) in [5, 5.41) is 9.76. The average Bonchev–Trinajstić information content (AvgIpc) is 3.01. The van der Waals surface area contributed by atoms with E-state index in [1.54, 1.807) is 19.1 Å². The zero-order valence-corrected chi connectivity index (χ0v) is 17.0. The van der Waals surface area contributed by atoms with Crippen molar-refractivity contribution >= 4 is 40.9 Å². The summed E-state index contributed by atoms with van der Waals surface area (Å²) >= 11 is 7.03. The van der Waals surface area contributed by atoms with E-state index in [0.717, 1.165) is 17.3 Å². The van der Waals surface area contributed by atoms with E-state index >= 15 is 0 Å². The van der Waals surface area contributed by atoms with Gasteiger partial charge in [-0.15, -0.1) is 0 Å². The van der Waals surface area contributed by atoms with Gasteiger partial charge in [-0.2, -0.15) is 5.26 Å². The van der Waals surface area contributed by atoms with Gasteiger partial charge in [-0.05, 0) is 55.3 Å². The number of rotatable bonds is 5. The molecular weight excluding hydrogens is 415 g/mol. The molecule has 1 heterocycles. The number of ether oxygens (including phenoxy) is 1. The largest absolute Gasteiger partial charge is 0.462 e. The Balaban J connectivity index is 2.02. The van der Waals surface area contributed by atoms with E-state index in [1.165, 1.54) is 29.2 Å². The summed E-state index contributed by atoms with van der Waals surface area (Å²) in [5.74, 6) is -1.56. The summed E-state index contributed by atoms with van der Waals surface area (Å²) in [4.78, 5) is 26.7. The van der Waals surface area contributed by atoms with Crippen molar-refractivity contribution in [3.8, 4) is 6.07 Å². The molecule has 0 aromatic heterocycles. The number of amides is 1. The van der Waals surface area contributed by atoms with Crippen LogP contribution in [-0.4, -0.2) is 23.7 Å². The maximum absolute atomic E-state index is 13.4. The fraction of sp³-hybridized carbons (Fsp3) is 0.190. The van der Waals surface area contributed by atoms with Gasteiger partial charge in [-0.3, -0.25) is 9.69 Å². The van der Waals surface area contributed by atoms with E-state index in [0.29, 0.717) is 17.1 Å². The molecule has 5 nitrogen and oxygen atoms in total. The Bertz CT molecular complexity index is 1000. The minimum absolute atomic E-state index is 0.0979. The quantitative estimate of drug-likeness (QED) is 0.397. The van der Waals surface area contributed by atoms with Crippen molar-refractivity contribution in [2.24, 2.45) is 0 Å². The predicted molar refractivity (Wildman–Crippen MR) is 110 cm³/mol. The lowest BCUT2D eigenvalue weighted by molar-refractivity contribution is -0.138. The molecule has 148 valence electrons. The molecule has 0 bridgehead atoms. The predicted octanol–water partition coefficient (Wildman–Crippen LogP) is 4.47. The van der Waals surface area contributed by atoms with E-state index in [9.17, 15) is 19.2 Å². The van der Waals surface area contributed by atoms with Crippen molar-refractivity contribution in [2.75, 3.05) is 11.5 Å². The van der Waals surface area contributed by atoms with Crippen molar-refractivity contribution in [3.63, 3.8) is 0 Å². The first-order valence-corrected chi connectivity index (χ1v) is 10.0. The monoisotopic (exact) mass is 430 g/mol. The highest BCUT2D eigenvalue weighted by molar-refractivity contribution is 8.05. The molecule has 0 saturated carbocycles. The number of hydrogen-bond donors (Lipinski definition) is 0. The molecule has 3 rings (SSSR count). The van der Waals surface area contributed by atoms with Gasteiger partial charge < -0.3 is 4.74 Å². The second kappa shape index (κ2) is 9.12. The Morgan fingerprint density at radius 3 is 2.48 bits per heavy atom. The van der Waals surface area contributed by atoms with Gasteiger partial charge in [0.1, 0.15) is 16.9 Å². The summed E-state index contributed by atoms with van der Waals surface area (Å²) in [7, 11) is 0. The molecule has 1 unspecified atom stereocenters. The molecule has 1 amide bonds. The highest BCUT2D eigenvalue weighted by Gasteiger charge is 2.41. The molecule has 1 aliphatic heterocycles. The molecule has 1 saturated heterocycles. The van der Waals surface area contributed by atoms with Crippen LogP contribution in [0.1, 0.15) is 12.5 Å². The Kier molecular flexibility index (Phi) is 6.57. The van der Waals surface area contributed by atoms with Crippen molar-refractivity contribution in [3.05, 3.63) is 75.5 Å². The van der Waals surface area contributed by atoms with Crippen LogP contribution in [0.2, 0.25) is 5.02 Å². The van der Waals surface area contributed by atoms with Crippen LogP contribution in [0, 0.1) is 17.1 Å². The third kappa shape index (κ3) is 4.61. The Morgan fingerprint density at radius 2 is 1.90 bits per heavy atom. The molecule has 0 aliphatic carbocycles. The van der Waals surface area contributed by atoms with Crippen LogP contribution in [0.25, 0.3) is 0 Å². The minimum atomic E-state index is -0.801. The molecule has 0 N–H and O–H groups in total. The number of nitriles is 1. The first kappa shape index (κ1) is 20.9. The van der Waals surface area contributed by atoms with Gasteiger partial charge in [0, 0.05) is 10.7 Å². The topological polar surface area (TPSA) is 70.4 Å². The summed E-state index contributed by atoms with van der Waals surface area (Å²) < 4.78 is 18.3. The number of halogens is 2. The average molecular weight is 431 g/mol. The standard InChI is InChI=1S/C21H16ClFN2O3S/c1-2-28-21(27)17(12-24)20-25(16-9-7-15(23)8-10-16)19(26)18(29-20)11-13-3-5-14(22)6-4-13/h3-10,18H,2,11H2,1H3. The van der Waals surface area contributed by atoms with Crippen LogP contribution >= 0.6 is 23.4 Å². The number of nitrogens with zero attached hydrogens (tertiary/aromatic N) is 2. The molecular formula is C21H16ClFN2O3S. The number of hydrogen-bond acceptors (Lipinski definition) is 5. The Labute approximate surface area is 176 Å². The van der Waals surface area contributed by atoms with E-state index in [2.05, 4.69) is 0 Å². The van der Waals surface area contributed by atoms with Crippen LogP contribution in [0.4, 0.5) is 10.1 Å². The van der Waals surface area contributed by atoms with Gasteiger partial charge in [-0.25, -0.2) is 9.18 Å². The molecule has 0 spiro atoms. The fourth-order valence-corrected chi connectivity index (χ4v) is 4.26. The number of carbonyl (C=O) groups is 2. The van der Waals surface area contributed by atoms with Crippen LogP contribution < -0.4 is 4.90 Å². The molecule has 1 atom stereocenters. The first-order chi connectivity index (χ1) is 13.9. The van der Waals surface area contributed by atoms with E-state index < -0.39 is 17.0 Å². The zero-order chi connectivity index (χ0) is 21.0. The number of carbonyl (C=O) groups excluding carboxylic acids is 2. The smallest absolute Gasteiger partial charge is 0.351 e. The first-order valence-electron chi connectivity index (χ1n) is 8.76. The number of benzene rings is 2. The normalized spacial score (nSPS) is 17.8. The number of thioether (sulfide) groups is 1. The zero-order valence-electron chi connectivity index (χ0n) is 15.4. The summed E-state index contributed by atoms with van der Waals surface area (Å²) in [6, 6.07) is 14.2. The molecule has 2 aromatic rings. The summed E-state index contributed by atoms with van der Waals surface area (Å²) in [6.45, 7) is 1.73. The van der Waals surface area contributed by atoms with E-state index in [-0.39, 0.29) is 23.1 Å². The Hall–Kier alpha value is -2.82. The lowest BCUT2D eigenvalue weighted by Crippen LogP contribution is -2.30. The fourth-order valence-electron chi connectivity index (χ4n) is 2.83. The minimum Gasteiger partial charge on any atom is -0.462 e. The highest BCUT2D eigenvalue weighted by Crippen LogP contribution is 2.42. The third-order valence-corrected chi connectivity index (χ3v) is 5.69. The van der Waals surface area contributed by atoms with Crippen LogP contribution in [0.5, 0.6) is 0 Å². The number of esters is 1. The SMILES string of the molecule is CCOC(=O)C(C#N)=C1SC(Cc2ccc(Cl)cc2)C(=O)N1c1ccc(F)cc1. The highest BCUT2D eigenvalue weighted by atomic mass is 35.5. The van der Waals surface area contributed by atoms with E-state index in [4.69, 9.17) is 16.3 Å². The van der Waals surface area contributed by atoms with Crippen molar-refractivity contribution in [1.82, 2.24) is 0 Å². The second-order valence-electron chi connectivity index (χ2n) is 6.10. The maximum Gasteiger partial charge on any atom is 0.351 e. The van der Waals surface area contributed by atoms with Gasteiger partial charge >= 0.3 is 5.97 Å². The molecule has 8 heteroatoms. The van der Waals surface area contributed by atoms with Crippen LogP contribution in [0.3, 0.4) is 0 Å². The summed E-state index contributed by atoms with van der Waals surface area (Å²) in [6.07, 6.45) is 0.378. The van der Waals surface area contributed by atoms with E-state index in [1.807, 2.05) is 18.2 Å². The van der Waals surface area contributed by atoms with Gasteiger partial charge in [0.2, 0.25) is 5.91 Å². The van der Waals surface area contributed by atoms with Crippen molar-refractivity contribution in [1.29, 1.82) is 5.26 Å². The maximum atomic E-state index is 13.4. The van der Waals surface area contributed by atoms with Crippen LogP contribution in [0.15, 0.2) is 59.1 Å². The van der Waals surface area contributed by atoms with Gasteiger partial charge in [0.05, 0.1) is 11.9 Å². The van der Waals surface area contributed by atoms with Gasteiger partial charge in [0.25, 0.3) is 0 Å². The summed E-state index contributed by atoms with van der Waals surface area (Å²) in [5.41, 5.74) is 0.998. The lowest BCUT2D eigenvalue weighted by Gasteiger charge is -2.18. The lowest BCUT2D eigenvalue weighted by atomic mass is 10.1. The molecule has 1 aliphatic rings. The van der Waals surface area contributed by atoms with Crippen molar-refractivity contribution in [2.45, 2.75) is 18.6 Å². The molecule has 29 heavy (non-hydrogen) atoms.